The van der Waals surface area contributed by atoms with E-state index in [0.29, 0.717) is 49.3 Å². The first-order chi connectivity index (χ1) is 16.4. The summed E-state index contributed by atoms with van der Waals surface area (Å²) >= 11 is 0. The molecular formula is C23H24N4O6S. The van der Waals surface area contributed by atoms with E-state index in [1.807, 2.05) is 6.92 Å². The maximum atomic E-state index is 12.9. The summed E-state index contributed by atoms with van der Waals surface area (Å²) in [4.78, 5) is 12.8. The Morgan fingerprint density at radius 3 is 2.59 bits per heavy atom. The van der Waals surface area contributed by atoms with Gasteiger partial charge in [-0.25, -0.2) is 8.42 Å². The Morgan fingerprint density at radius 2 is 1.82 bits per heavy atom. The summed E-state index contributed by atoms with van der Waals surface area (Å²) in [6.45, 7) is 4.02. The molecule has 0 bridgehead atoms. The van der Waals surface area contributed by atoms with Crippen LogP contribution in [0.1, 0.15) is 30.1 Å². The highest BCUT2D eigenvalue weighted by Gasteiger charge is 2.28. The van der Waals surface area contributed by atoms with E-state index >= 15 is 0 Å². The number of sulfonamides is 1. The molecule has 0 saturated carbocycles. The molecule has 1 aromatic heterocycles. The first kappa shape index (κ1) is 22.4. The first-order valence-electron chi connectivity index (χ1n) is 11.1. The molecule has 10 nitrogen and oxygen atoms in total. The smallest absolute Gasteiger partial charge is 0.322 e. The van der Waals surface area contributed by atoms with Gasteiger partial charge in [0.1, 0.15) is 13.2 Å². The maximum absolute atomic E-state index is 12.9. The van der Waals surface area contributed by atoms with Gasteiger partial charge in [0.25, 0.3) is 5.91 Å². The van der Waals surface area contributed by atoms with E-state index in [1.165, 1.54) is 28.6 Å². The van der Waals surface area contributed by atoms with Crippen LogP contribution in [0.2, 0.25) is 0 Å². The first-order valence-corrected chi connectivity index (χ1v) is 12.5. The van der Waals surface area contributed by atoms with Gasteiger partial charge >= 0.3 is 6.01 Å². The molecule has 0 spiro atoms. The minimum absolute atomic E-state index is 0.0751. The lowest BCUT2D eigenvalue weighted by Crippen LogP contribution is -2.39. The van der Waals surface area contributed by atoms with Crippen molar-refractivity contribution >= 4 is 21.9 Å². The molecule has 11 heteroatoms. The number of anilines is 1. The molecule has 2 aliphatic rings. The molecule has 1 N–H and O–H groups in total. The van der Waals surface area contributed by atoms with Crippen molar-refractivity contribution < 1.29 is 27.1 Å². The van der Waals surface area contributed by atoms with Crippen molar-refractivity contribution in [2.75, 3.05) is 31.6 Å². The van der Waals surface area contributed by atoms with E-state index in [0.717, 1.165) is 12.8 Å². The van der Waals surface area contributed by atoms with E-state index < -0.39 is 15.9 Å². The highest BCUT2D eigenvalue weighted by atomic mass is 32.2. The van der Waals surface area contributed by atoms with Crippen LogP contribution >= 0.6 is 0 Å². The summed E-state index contributed by atoms with van der Waals surface area (Å²) in [6.07, 6.45) is 1.87. The lowest BCUT2D eigenvalue weighted by Gasteiger charge is -2.30. The van der Waals surface area contributed by atoms with Crippen LogP contribution < -0.4 is 14.8 Å². The number of nitrogens with one attached hydrogen (secondary N) is 1. The fourth-order valence-corrected chi connectivity index (χ4v) is 5.63. The minimum Gasteiger partial charge on any atom is -0.486 e. The van der Waals surface area contributed by atoms with Gasteiger partial charge in [-0.1, -0.05) is 12.0 Å². The Bertz CT molecular complexity index is 1310. The monoisotopic (exact) mass is 484 g/mol. The summed E-state index contributed by atoms with van der Waals surface area (Å²) in [5.74, 6) is 1.28. The van der Waals surface area contributed by atoms with Crippen LogP contribution in [0.25, 0.3) is 11.5 Å². The number of carbonyl (C=O) groups is 1. The molecule has 0 radical (unpaired) electrons. The van der Waals surface area contributed by atoms with Crippen LogP contribution in [0.4, 0.5) is 6.01 Å². The molecule has 2 aromatic carbocycles. The second kappa shape index (κ2) is 9.07. The van der Waals surface area contributed by atoms with Gasteiger partial charge in [0, 0.05) is 24.2 Å². The van der Waals surface area contributed by atoms with Crippen molar-refractivity contribution in [1.29, 1.82) is 0 Å². The van der Waals surface area contributed by atoms with Crippen LogP contribution in [0.15, 0.2) is 51.8 Å². The van der Waals surface area contributed by atoms with Gasteiger partial charge in [0.15, 0.2) is 11.5 Å². The lowest BCUT2D eigenvalue weighted by molar-refractivity contribution is 0.102. The number of fused-ring (bicyclic) bond motifs is 1. The molecule has 3 aromatic rings. The van der Waals surface area contributed by atoms with Gasteiger partial charge in [-0.15, -0.1) is 5.10 Å². The van der Waals surface area contributed by atoms with E-state index in [4.69, 9.17) is 13.9 Å². The number of nitrogens with zero attached hydrogens (tertiary/aromatic N) is 3. The third-order valence-corrected chi connectivity index (χ3v) is 7.69. The van der Waals surface area contributed by atoms with Crippen molar-refractivity contribution in [2.24, 2.45) is 5.92 Å². The van der Waals surface area contributed by atoms with E-state index in [-0.39, 0.29) is 22.4 Å². The number of ether oxygens (including phenoxy) is 2. The van der Waals surface area contributed by atoms with Crippen molar-refractivity contribution in [3.63, 3.8) is 0 Å². The number of aromatic nitrogens is 2. The fraction of sp³-hybridized carbons (Fsp3) is 0.348. The van der Waals surface area contributed by atoms with Gasteiger partial charge < -0.3 is 13.9 Å². The molecule has 1 atom stereocenters. The van der Waals surface area contributed by atoms with E-state index in [2.05, 4.69) is 15.5 Å². The Kier molecular flexibility index (Phi) is 5.96. The zero-order chi connectivity index (χ0) is 23.7. The van der Waals surface area contributed by atoms with Crippen molar-refractivity contribution in [3.8, 4) is 23.0 Å². The van der Waals surface area contributed by atoms with Gasteiger partial charge in [-0.2, -0.15) is 4.31 Å². The van der Waals surface area contributed by atoms with Gasteiger partial charge in [-0.05, 0) is 61.2 Å². The quantitative estimate of drug-likeness (QED) is 0.586. The van der Waals surface area contributed by atoms with E-state index in [1.54, 1.807) is 18.2 Å². The summed E-state index contributed by atoms with van der Waals surface area (Å²) in [6, 6.07) is 11.0. The highest BCUT2D eigenvalue weighted by Crippen LogP contribution is 2.34. The summed E-state index contributed by atoms with van der Waals surface area (Å²) in [5, 5.41) is 10.4. The second-order valence-electron chi connectivity index (χ2n) is 8.36. The number of hydrogen-bond acceptors (Lipinski definition) is 8. The predicted molar refractivity (Wildman–Crippen MR) is 122 cm³/mol. The van der Waals surface area contributed by atoms with Gasteiger partial charge in [0.05, 0.1) is 4.90 Å². The Hall–Kier alpha value is -3.44. The Morgan fingerprint density at radius 1 is 1.06 bits per heavy atom. The number of benzene rings is 2. The molecule has 178 valence electrons. The molecular weight excluding hydrogens is 460 g/mol. The van der Waals surface area contributed by atoms with Gasteiger partial charge in [0.2, 0.25) is 15.9 Å². The molecule has 2 aliphatic heterocycles. The largest absolute Gasteiger partial charge is 0.486 e. The summed E-state index contributed by atoms with van der Waals surface area (Å²) < 4.78 is 44.0. The third-order valence-electron chi connectivity index (χ3n) is 5.81. The molecule has 0 aliphatic carbocycles. The zero-order valence-electron chi connectivity index (χ0n) is 18.6. The van der Waals surface area contributed by atoms with Crippen LogP contribution in [-0.2, 0) is 10.0 Å². The summed E-state index contributed by atoms with van der Waals surface area (Å²) in [5.41, 5.74) is 0.892. The Balaban J connectivity index is 1.27. The molecule has 1 fully saturated rings. The SMILES string of the molecule is C[C@@H]1CCCN(S(=O)(=O)c2ccc(C(=O)Nc3nnc(-c4ccc5c(c4)OCCO5)o3)cc2)C1. The molecule has 3 heterocycles. The van der Waals surface area contributed by atoms with E-state index in [9.17, 15) is 13.2 Å². The summed E-state index contributed by atoms with van der Waals surface area (Å²) in [7, 11) is -3.59. The molecule has 34 heavy (non-hydrogen) atoms. The number of hydrogen-bond donors (Lipinski definition) is 1. The van der Waals surface area contributed by atoms with Crippen LogP contribution in [0, 0.1) is 5.92 Å². The average Bonchev–Trinajstić information content (AvgIpc) is 3.32. The fourth-order valence-electron chi connectivity index (χ4n) is 4.03. The second-order valence-corrected chi connectivity index (χ2v) is 10.3. The normalized spacial score (nSPS) is 18.4. The molecule has 5 rings (SSSR count). The number of carbonyl (C=O) groups excluding carboxylic acids is 1. The van der Waals surface area contributed by atoms with Crippen molar-refractivity contribution in [3.05, 3.63) is 48.0 Å². The van der Waals surface area contributed by atoms with Crippen molar-refractivity contribution in [1.82, 2.24) is 14.5 Å². The van der Waals surface area contributed by atoms with Crippen LogP contribution in [0.5, 0.6) is 11.5 Å². The highest BCUT2D eigenvalue weighted by molar-refractivity contribution is 7.89. The minimum atomic E-state index is -3.59. The average molecular weight is 485 g/mol. The van der Waals surface area contributed by atoms with Crippen LogP contribution in [0.3, 0.4) is 0 Å². The topological polar surface area (TPSA) is 124 Å². The lowest BCUT2D eigenvalue weighted by atomic mass is 10.0. The molecule has 1 saturated heterocycles. The number of piperidine rings is 1. The zero-order valence-corrected chi connectivity index (χ0v) is 19.4. The molecule has 0 unspecified atom stereocenters. The van der Waals surface area contributed by atoms with Gasteiger partial charge in [-0.3, -0.25) is 10.1 Å². The standard InChI is InChI=1S/C23H24N4O6S/c1-15-3-2-10-27(14-15)34(29,30)18-7-4-16(5-8-18)21(28)24-23-26-25-22(33-23)17-6-9-19-20(13-17)32-12-11-31-19/h4-9,13,15H,2-3,10-12,14H2,1H3,(H,24,26,28)/t15-/m1/s1. The molecule has 1 amide bonds. The van der Waals surface area contributed by atoms with Crippen molar-refractivity contribution in [2.45, 2.75) is 24.7 Å². The number of rotatable bonds is 5. The predicted octanol–water partition coefficient (Wildman–Crippen LogP) is 3.18. The Labute approximate surface area is 196 Å². The third kappa shape index (κ3) is 4.48. The van der Waals surface area contributed by atoms with Crippen LogP contribution in [-0.4, -0.2) is 55.1 Å². The maximum Gasteiger partial charge on any atom is 0.322 e. The number of amides is 1.